The Balaban J connectivity index is 1.76. The van der Waals surface area contributed by atoms with Crippen molar-refractivity contribution >= 4 is 41.4 Å². The van der Waals surface area contributed by atoms with Gasteiger partial charge in [0.25, 0.3) is 0 Å². The highest BCUT2D eigenvalue weighted by Crippen LogP contribution is 2.29. The molecule has 0 spiro atoms. The van der Waals surface area contributed by atoms with E-state index in [0.29, 0.717) is 30.8 Å². The number of methoxy groups -OCH3 is 2. The molecule has 1 fully saturated rings. The predicted molar refractivity (Wildman–Crippen MR) is 192 cm³/mol. The number of hydrogen-bond acceptors (Lipinski definition) is 8. The summed E-state index contributed by atoms with van der Waals surface area (Å²) in [7, 11) is 4.70. The third-order valence-corrected chi connectivity index (χ3v) is 9.73. The second-order valence-corrected chi connectivity index (χ2v) is 13.0. The second-order valence-electron chi connectivity index (χ2n) is 13.0. The molecule has 274 valence electrons. The molecule has 0 aliphatic carbocycles. The predicted octanol–water partition coefficient (Wildman–Crippen LogP) is 2.60. The minimum atomic E-state index is -0.884. The Hall–Kier alpha value is -4.49. The number of nitrogens with zero attached hydrogens (tertiary/aromatic N) is 2. The summed E-state index contributed by atoms with van der Waals surface area (Å²) in [6.45, 7) is 6.08. The molecule has 1 saturated heterocycles. The van der Waals surface area contributed by atoms with Crippen LogP contribution < -0.4 is 21.7 Å². The molecule has 7 unspecified atom stereocenters. The number of ether oxygens (including phenoxy) is 2. The van der Waals surface area contributed by atoms with Gasteiger partial charge in [-0.25, -0.2) is 0 Å². The first-order chi connectivity index (χ1) is 23.9. The second kappa shape index (κ2) is 19.6. The Morgan fingerprint density at radius 2 is 1.70 bits per heavy atom. The number of nitrogen functional groups attached to an aromatic ring is 1. The Labute approximate surface area is 295 Å². The van der Waals surface area contributed by atoms with Gasteiger partial charge in [-0.2, -0.15) is 0 Å². The molecule has 1 aliphatic heterocycles. The minimum absolute atomic E-state index is 0.00352. The molecule has 0 aromatic heterocycles. The zero-order valence-electron chi connectivity index (χ0n) is 30.1. The number of benzene rings is 2. The Bertz CT molecular complexity index is 1410. The number of carbonyl (C=O) groups excluding carboxylic acids is 5. The molecule has 3 rings (SSSR count). The van der Waals surface area contributed by atoms with E-state index in [9.17, 15) is 24.0 Å². The fourth-order valence-electron chi connectivity index (χ4n) is 6.74. The molecule has 5 N–H and O–H groups in total. The zero-order valence-corrected chi connectivity index (χ0v) is 30.1. The molecular weight excluding hydrogens is 640 g/mol. The van der Waals surface area contributed by atoms with Crippen LogP contribution in [0, 0.1) is 11.8 Å². The van der Waals surface area contributed by atoms with Crippen LogP contribution in [0.1, 0.15) is 52.0 Å². The van der Waals surface area contributed by atoms with Crippen molar-refractivity contribution in [3.8, 4) is 0 Å². The van der Waals surface area contributed by atoms with Gasteiger partial charge in [0.2, 0.25) is 30.0 Å². The first-order valence-electron chi connectivity index (χ1n) is 17.2. The maximum absolute atomic E-state index is 13.9. The molecule has 1 heterocycles. The summed E-state index contributed by atoms with van der Waals surface area (Å²) >= 11 is 0. The molecule has 0 radical (unpaired) electrons. The quantitative estimate of drug-likeness (QED) is 0.128. The van der Waals surface area contributed by atoms with Gasteiger partial charge in [0.15, 0.2) is 0 Å². The number of amides is 5. The van der Waals surface area contributed by atoms with Gasteiger partial charge in [-0.15, -0.1) is 0 Å². The summed E-state index contributed by atoms with van der Waals surface area (Å²) in [4.78, 5) is 68.2. The van der Waals surface area contributed by atoms with Crippen LogP contribution in [0.5, 0.6) is 0 Å². The number of nitrogens with one attached hydrogen (secondary N) is 3. The van der Waals surface area contributed by atoms with E-state index in [2.05, 4.69) is 16.0 Å². The van der Waals surface area contributed by atoms with Crippen LogP contribution in [0.15, 0.2) is 54.6 Å². The van der Waals surface area contributed by atoms with Crippen LogP contribution in [-0.4, -0.2) is 105 Å². The number of carbonyl (C=O) groups is 5. The van der Waals surface area contributed by atoms with Crippen LogP contribution >= 0.6 is 0 Å². The SMILES string of the molecule is CCC(C)C(C(CC(=O)N1CCCC1C(OC)C(C)C(=O)NC(Cc1ccccc1)C(=O)Nc1ccc(N)cc1)OC)N(C)C(=O)CNC=O. The monoisotopic (exact) mass is 694 g/mol. The molecule has 13 nitrogen and oxygen atoms in total. The average molecular weight is 695 g/mol. The van der Waals surface area contributed by atoms with E-state index >= 15 is 0 Å². The van der Waals surface area contributed by atoms with Crippen molar-refractivity contribution in [3.05, 3.63) is 60.2 Å². The van der Waals surface area contributed by atoms with Gasteiger partial charge >= 0.3 is 0 Å². The smallest absolute Gasteiger partial charge is 0.247 e. The first kappa shape index (κ1) is 39.9. The molecule has 2 aromatic carbocycles. The molecule has 0 saturated carbocycles. The van der Waals surface area contributed by atoms with Crippen LogP contribution in [0.25, 0.3) is 0 Å². The first-order valence-corrected chi connectivity index (χ1v) is 17.2. The minimum Gasteiger partial charge on any atom is -0.399 e. The third-order valence-electron chi connectivity index (χ3n) is 9.73. The number of likely N-dealkylation sites (tertiary alicyclic amines) is 1. The number of anilines is 2. The standard InChI is InChI=1S/C37H54N6O7/c1-7-24(2)34(42(4)33(46)22-39-23-44)31(49-5)21-32(45)43-19-11-14-30(43)35(50-6)25(3)36(47)41-29(20-26-12-9-8-10-13-26)37(48)40-28-17-15-27(38)16-18-28/h8-10,12-13,15-18,23-25,29-31,34-35H,7,11,14,19-22,38H2,1-6H3,(H,39,44)(H,40,48)(H,41,47). The summed E-state index contributed by atoms with van der Waals surface area (Å²) in [5.41, 5.74) is 7.80. The fraction of sp³-hybridized carbons (Fsp3) is 0.541. The van der Waals surface area contributed by atoms with Crippen molar-refractivity contribution in [2.45, 2.75) is 83.2 Å². The Morgan fingerprint density at radius 1 is 1.02 bits per heavy atom. The normalized spacial score (nSPS) is 17.8. The lowest BCUT2D eigenvalue weighted by atomic mass is 9.90. The third kappa shape index (κ3) is 10.8. The van der Waals surface area contributed by atoms with E-state index in [4.69, 9.17) is 15.2 Å². The number of nitrogens with two attached hydrogens (primary N) is 1. The van der Waals surface area contributed by atoms with E-state index in [1.807, 2.05) is 44.2 Å². The van der Waals surface area contributed by atoms with E-state index in [1.165, 1.54) is 14.2 Å². The lowest BCUT2D eigenvalue weighted by Crippen LogP contribution is -2.55. The van der Waals surface area contributed by atoms with E-state index < -0.39 is 30.2 Å². The average Bonchev–Trinajstić information content (AvgIpc) is 3.61. The fourth-order valence-corrected chi connectivity index (χ4v) is 6.74. The highest BCUT2D eigenvalue weighted by atomic mass is 16.5. The van der Waals surface area contributed by atoms with Crippen molar-refractivity contribution in [2.24, 2.45) is 11.8 Å². The Morgan fingerprint density at radius 3 is 2.30 bits per heavy atom. The van der Waals surface area contributed by atoms with Gasteiger partial charge in [-0.3, -0.25) is 24.0 Å². The van der Waals surface area contributed by atoms with Crippen molar-refractivity contribution in [3.63, 3.8) is 0 Å². The van der Waals surface area contributed by atoms with E-state index in [1.54, 1.807) is 48.0 Å². The van der Waals surface area contributed by atoms with Crippen molar-refractivity contribution < 1.29 is 33.4 Å². The number of likely N-dealkylation sites (N-methyl/N-ethyl adjacent to an activating group) is 1. The van der Waals surface area contributed by atoms with Gasteiger partial charge in [-0.1, -0.05) is 57.5 Å². The summed E-state index contributed by atoms with van der Waals surface area (Å²) < 4.78 is 11.8. The van der Waals surface area contributed by atoms with Crippen molar-refractivity contribution in [2.75, 3.05) is 45.4 Å². The lowest BCUT2D eigenvalue weighted by molar-refractivity contribution is -0.145. The zero-order chi connectivity index (χ0) is 36.8. The van der Waals surface area contributed by atoms with E-state index in [0.717, 1.165) is 18.4 Å². The molecule has 2 aromatic rings. The van der Waals surface area contributed by atoms with E-state index in [-0.39, 0.29) is 55.0 Å². The highest BCUT2D eigenvalue weighted by Gasteiger charge is 2.42. The van der Waals surface area contributed by atoms with Crippen LogP contribution in [0.2, 0.25) is 0 Å². The van der Waals surface area contributed by atoms with Gasteiger partial charge in [0.1, 0.15) is 6.04 Å². The van der Waals surface area contributed by atoms with Gasteiger partial charge in [-0.05, 0) is 48.6 Å². The highest BCUT2D eigenvalue weighted by molar-refractivity contribution is 5.97. The topological polar surface area (TPSA) is 172 Å². The van der Waals surface area contributed by atoms with Gasteiger partial charge < -0.3 is 41.0 Å². The Kier molecular flexibility index (Phi) is 15.7. The van der Waals surface area contributed by atoms with Gasteiger partial charge in [0.05, 0.1) is 43.2 Å². The molecule has 7 atom stereocenters. The molecule has 0 bridgehead atoms. The largest absolute Gasteiger partial charge is 0.399 e. The number of rotatable bonds is 19. The summed E-state index contributed by atoms with van der Waals surface area (Å²) in [5.74, 6) is -1.91. The molecular formula is C37H54N6O7. The summed E-state index contributed by atoms with van der Waals surface area (Å²) in [6.07, 6.45) is 1.61. The molecule has 13 heteroatoms. The summed E-state index contributed by atoms with van der Waals surface area (Å²) in [5, 5.41) is 8.23. The summed E-state index contributed by atoms with van der Waals surface area (Å²) in [6, 6.07) is 14.5. The van der Waals surface area contributed by atoms with Crippen molar-refractivity contribution in [1.29, 1.82) is 0 Å². The maximum Gasteiger partial charge on any atom is 0.247 e. The van der Waals surface area contributed by atoms with Crippen LogP contribution in [0.3, 0.4) is 0 Å². The lowest BCUT2D eigenvalue weighted by Gasteiger charge is -2.39. The molecule has 50 heavy (non-hydrogen) atoms. The molecule has 5 amide bonds. The molecule has 1 aliphatic rings. The van der Waals surface area contributed by atoms with Gasteiger partial charge in [0, 0.05) is 45.6 Å². The van der Waals surface area contributed by atoms with Crippen molar-refractivity contribution in [1.82, 2.24) is 20.4 Å². The number of hydrogen-bond donors (Lipinski definition) is 4. The van der Waals surface area contributed by atoms with Crippen LogP contribution in [0.4, 0.5) is 11.4 Å². The van der Waals surface area contributed by atoms with Crippen LogP contribution in [-0.2, 0) is 39.9 Å². The maximum atomic E-state index is 13.9.